The number of nitrogens with zero attached hydrogens (tertiary/aromatic N) is 2. The van der Waals surface area contributed by atoms with Gasteiger partial charge in [-0.3, -0.25) is 15.1 Å². The minimum Gasteiger partial charge on any atom is -0.502 e. The van der Waals surface area contributed by atoms with Crippen molar-refractivity contribution in [3.05, 3.63) is 56.5 Å². The second-order valence-corrected chi connectivity index (χ2v) is 5.75. The molecule has 2 rings (SSSR count). The van der Waals surface area contributed by atoms with Crippen molar-refractivity contribution in [3.8, 4) is 11.5 Å². The molecule has 0 unspecified atom stereocenters. The Bertz CT molecular complexity index is 844. The molecule has 0 bridgehead atoms. The standard InChI is InChI=1S/C15H9BrF4N2O4/c16-9-5-8(13(23)12(6-9)22(24)25)7-21-10-1-3-11(4-2-10)26-15(19,20)14(17)18/h1-7,14,23H. The summed E-state index contributed by atoms with van der Waals surface area (Å²) in [6.45, 7) is 0. The lowest BCUT2D eigenvalue weighted by atomic mass is 10.2. The van der Waals surface area contributed by atoms with Crippen LogP contribution in [0.15, 0.2) is 45.9 Å². The van der Waals surface area contributed by atoms with E-state index < -0.39 is 34.6 Å². The summed E-state index contributed by atoms with van der Waals surface area (Å²) in [6, 6.07) is 6.92. The topological polar surface area (TPSA) is 85.0 Å². The van der Waals surface area contributed by atoms with Crippen molar-refractivity contribution in [2.75, 3.05) is 0 Å². The van der Waals surface area contributed by atoms with Crippen molar-refractivity contribution in [1.82, 2.24) is 0 Å². The fourth-order valence-electron chi connectivity index (χ4n) is 1.79. The van der Waals surface area contributed by atoms with E-state index in [0.717, 1.165) is 24.4 Å². The SMILES string of the molecule is O=[N+]([O-])c1cc(Br)cc(C=Nc2ccc(OC(F)(F)C(F)F)cc2)c1O. The van der Waals surface area contributed by atoms with Crippen LogP contribution in [0.25, 0.3) is 0 Å². The van der Waals surface area contributed by atoms with Crippen molar-refractivity contribution < 1.29 is 32.3 Å². The zero-order valence-electron chi connectivity index (χ0n) is 12.6. The molecular weight excluding hydrogens is 428 g/mol. The van der Waals surface area contributed by atoms with Crippen molar-refractivity contribution in [1.29, 1.82) is 0 Å². The van der Waals surface area contributed by atoms with E-state index in [-0.39, 0.29) is 11.3 Å². The van der Waals surface area contributed by atoms with E-state index in [1.165, 1.54) is 18.2 Å². The summed E-state index contributed by atoms with van der Waals surface area (Å²) in [5, 5.41) is 20.7. The average molecular weight is 437 g/mol. The molecule has 0 aromatic heterocycles. The Labute approximate surface area is 152 Å². The summed E-state index contributed by atoms with van der Waals surface area (Å²) < 4.78 is 54.0. The van der Waals surface area contributed by atoms with Gasteiger partial charge in [0.25, 0.3) is 0 Å². The van der Waals surface area contributed by atoms with E-state index in [1.807, 2.05) is 0 Å². The van der Waals surface area contributed by atoms with Gasteiger partial charge in [0, 0.05) is 22.3 Å². The second kappa shape index (κ2) is 7.68. The van der Waals surface area contributed by atoms with Crippen molar-refractivity contribution in [3.63, 3.8) is 0 Å². The fraction of sp³-hybridized carbons (Fsp3) is 0.133. The Kier molecular flexibility index (Phi) is 5.80. The van der Waals surface area contributed by atoms with Gasteiger partial charge in [0.15, 0.2) is 0 Å². The molecule has 0 radical (unpaired) electrons. The predicted octanol–water partition coefficient (Wildman–Crippen LogP) is 5.05. The van der Waals surface area contributed by atoms with Gasteiger partial charge >= 0.3 is 18.2 Å². The lowest BCUT2D eigenvalue weighted by Gasteiger charge is -2.16. The predicted molar refractivity (Wildman–Crippen MR) is 87.7 cm³/mol. The molecule has 0 fully saturated rings. The summed E-state index contributed by atoms with van der Waals surface area (Å²) in [6.07, 6.45) is -7.47. The van der Waals surface area contributed by atoms with Crippen LogP contribution in [0.3, 0.4) is 0 Å². The van der Waals surface area contributed by atoms with E-state index in [9.17, 15) is 32.8 Å². The number of phenolic OH excluding ortho intramolecular Hbond substituents is 1. The number of phenols is 1. The highest BCUT2D eigenvalue weighted by Gasteiger charge is 2.43. The number of hydrogen-bond acceptors (Lipinski definition) is 5. The van der Waals surface area contributed by atoms with Crippen LogP contribution in [0.2, 0.25) is 0 Å². The molecule has 0 aliphatic rings. The van der Waals surface area contributed by atoms with Crippen LogP contribution in [0, 0.1) is 10.1 Å². The lowest BCUT2D eigenvalue weighted by Crippen LogP contribution is -2.33. The second-order valence-electron chi connectivity index (χ2n) is 4.84. The van der Waals surface area contributed by atoms with E-state index >= 15 is 0 Å². The molecule has 0 aliphatic carbocycles. The zero-order chi connectivity index (χ0) is 19.5. The maximum absolute atomic E-state index is 12.8. The monoisotopic (exact) mass is 436 g/mol. The smallest absolute Gasteiger partial charge is 0.461 e. The molecule has 0 saturated carbocycles. The molecular formula is C15H9BrF4N2O4. The molecule has 0 saturated heterocycles. The Balaban J connectivity index is 2.21. The van der Waals surface area contributed by atoms with Crippen molar-refractivity contribution in [2.24, 2.45) is 4.99 Å². The summed E-state index contributed by atoms with van der Waals surface area (Å²) in [7, 11) is 0. The van der Waals surface area contributed by atoms with Gasteiger partial charge in [-0.25, -0.2) is 0 Å². The van der Waals surface area contributed by atoms with Gasteiger partial charge in [0.1, 0.15) is 5.75 Å². The van der Waals surface area contributed by atoms with Gasteiger partial charge in [-0.1, -0.05) is 15.9 Å². The molecule has 26 heavy (non-hydrogen) atoms. The minimum atomic E-state index is -4.62. The molecule has 0 aliphatic heterocycles. The van der Waals surface area contributed by atoms with E-state index in [4.69, 9.17) is 0 Å². The number of nitro groups is 1. The maximum Gasteiger partial charge on any atom is 0.461 e. The van der Waals surface area contributed by atoms with E-state index in [0.29, 0.717) is 4.47 Å². The van der Waals surface area contributed by atoms with Gasteiger partial charge < -0.3 is 9.84 Å². The van der Waals surface area contributed by atoms with Crippen LogP contribution in [-0.2, 0) is 0 Å². The Hall–Kier alpha value is -2.69. The quantitative estimate of drug-likeness (QED) is 0.297. The molecule has 11 heteroatoms. The number of benzene rings is 2. The molecule has 0 heterocycles. The molecule has 0 atom stereocenters. The van der Waals surface area contributed by atoms with Gasteiger partial charge in [-0.05, 0) is 30.3 Å². The number of rotatable bonds is 6. The van der Waals surface area contributed by atoms with Crippen LogP contribution in [0.5, 0.6) is 11.5 Å². The molecule has 138 valence electrons. The number of ether oxygens (including phenoxy) is 1. The van der Waals surface area contributed by atoms with E-state index in [1.54, 1.807) is 0 Å². The highest BCUT2D eigenvalue weighted by atomic mass is 79.9. The van der Waals surface area contributed by atoms with E-state index in [2.05, 4.69) is 25.7 Å². The summed E-state index contributed by atoms with van der Waals surface area (Å²) in [4.78, 5) is 14.0. The van der Waals surface area contributed by atoms with Gasteiger partial charge in [0.05, 0.1) is 10.6 Å². The normalized spacial score (nSPS) is 11.9. The number of aliphatic imine (C=N–C) groups is 1. The first kappa shape index (κ1) is 19.6. The highest BCUT2D eigenvalue weighted by Crippen LogP contribution is 2.33. The Morgan fingerprint density at radius 2 is 1.88 bits per heavy atom. The lowest BCUT2D eigenvalue weighted by molar-refractivity contribution is -0.385. The van der Waals surface area contributed by atoms with Gasteiger partial charge in [0.2, 0.25) is 5.75 Å². The average Bonchev–Trinajstić information content (AvgIpc) is 2.56. The molecule has 6 nitrogen and oxygen atoms in total. The van der Waals surface area contributed by atoms with Crippen molar-refractivity contribution >= 4 is 33.5 Å². The number of halogens is 5. The van der Waals surface area contributed by atoms with Crippen LogP contribution in [0.4, 0.5) is 28.9 Å². The van der Waals surface area contributed by atoms with Crippen LogP contribution in [0.1, 0.15) is 5.56 Å². The number of nitro benzene ring substituents is 1. The van der Waals surface area contributed by atoms with Crippen LogP contribution in [-0.4, -0.2) is 28.8 Å². The summed E-state index contributed by atoms with van der Waals surface area (Å²) in [5.74, 6) is -1.09. The third kappa shape index (κ3) is 4.69. The first-order valence-electron chi connectivity index (χ1n) is 6.76. The number of hydrogen-bond donors (Lipinski definition) is 1. The maximum atomic E-state index is 12.8. The zero-order valence-corrected chi connectivity index (χ0v) is 14.2. The molecule has 0 amide bonds. The summed E-state index contributed by atoms with van der Waals surface area (Å²) in [5.41, 5.74) is -0.283. The Morgan fingerprint density at radius 1 is 1.27 bits per heavy atom. The number of alkyl halides is 4. The summed E-state index contributed by atoms with van der Waals surface area (Å²) >= 11 is 3.06. The third-order valence-corrected chi connectivity index (χ3v) is 3.44. The molecule has 2 aromatic rings. The third-order valence-electron chi connectivity index (χ3n) is 2.98. The largest absolute Gasteiger partial charge is 0.502 e. The van der Waals surface area contributed by atoms with Gasteiger partial charge in [-0.2, -0.15) is 17.6 Å². The van der Waals surface area contributed by atoms with Crippen LogP contribution < -0.4 is 4.74 Å². The molecule has 0 spiro atoms. The first-order valence-corrected chi connectivity index (χ1v) is 7.55. The molecule has 1 N–H and O–H groups in total. The Morgan fingerprint density at radius 3 is 2.42 bits per heavy atom. The first-order chi connectivity index (χ1) is 12.1. The minimum absolute atomic E-state index is 0.0376. The highest BCUT2D eigenvalue weighted by molar-refractivity contribution is 9.10. The molecule has 2 aromatic carbocycles. The van der Waals surface area contributed by atoms with Crippen LogP contribution >= 0.6 is 15.9 Å². The fourth-order valence-corrected chi connectivity index (χ4v) is 2.25. The van der Waals surface area contributed by atoms with Gasteiger partial charge in [-0.15, -0.1) is 0 Å². The van der Waals surface area contributed by atoms with Crippen molar-refractivity contribution in [2.45, 2.75) is 12.5 Å². The number of aromatic hydroxyl groups is 1.